The Morgan fingerprint density at radius 2 is 1.65 bits per heavy atom. The van der Waals surface area contributed by atoms with Crippen LogP contribution < -0.4 is 20.4 Å². The zero-order valence-corrected chi connectivity index (χ0v) is 23.6. The van der Waals surface area contributed by atoms with Gasteiger partial charge in [0.05, 0.1) is 13.2 Å². The van der Waals surface area contributed by atoms with Gasteiger partial charge in [-0.2, -0.15) is 9.97 Å². The lowest BCUT2D eigenvalue weighted by Gasteiger charge is -2.36. The molecule has 2 aromatic rings. The fraction of sp³-hybridized carbons (Fsp3) is 0.607. The molecule has 1 saturated carbocycles. The molecular formula is C28H39ClN6OS. The average Bonchev–Trinajstić information content (AvgIpc) is 3.38. The van der Waals surface area contributed by atoms with Crippen molar-refractivity contribution >= 4 is 46.5 Å². The van der Waals surface area contributed by atoms with E-state index in [9.17, 15) is 0 Å². The van der Waals surface area contributed by atoms with Crippen LogP contribution in [0, 0.1) is 11.8 Å². The Labute approximate surface area is 231 Å². The van der Waals surface area contributed by atoms with Crippen LogP contribution in [0.3, 0.4) is 0 Å². The van der Waals surface area contributed by atoms with Gasteiger partial charge in [-0.25, -0.2) is 0 Å². The average molecular weight is 543 g/mol. The van der Waals surface area contributed by atoms with E-state index in [0.29, 0.717) is 36.1 Å². The number of hydrogen-bond donors (Lipinski definition) is 2. The molecular weight excluding hydrogens is 504 g/mol. The van der Waals surface area contributed by atoms with Crippen LogP contribution in [0.5, 0.6) is 0 Å². The number of piperidine rings is 1. The third kappa shape index (κ3) is 6.47. The molecule has 1 aliphatic carbocycles. The van der Waals surface area contributed by atoms with Crippen molar-refractivity contribution in [3.63, 3.8) is 0 Å². The summed E-state index contributed by atoms with van der Waals surface area (Å²) in [4.78, 5) is 14.5. The van der Waals surface area contributed by atoms with Crippen molar-refractivity contribution in [1.29, 1.82) is 0 Å². The van der Waals surface area contributed by atoms with Gasteiger partial charge in [0.25, 0.3) is 0 Å². The third-order valence-electron chi connectivity index (χ3n) is 8.06. The Balaban J connectivity index is 1.32. The van der Waals surface area contributed by atoms with E-state index in [-0.39, 0.29) is 5.41 Å². The number of halogens is 1. The van der Waals surface area contributed by atoms with E-state index in [1.807, 2.05) is 12.1 Å². The lowest BCUT2D eigenvalue weighted by atomic mass is 9.79. The predicted octanol–water partition coefficient (Wildman–Crippen LogP) is 5.25. The molecule has 3 heterocycles. The van der Waals surface area contributed by atoms with Gasteiger partial charge in [-0.1, -0.05) is 50.4 Å². The first kappa shape index (κ1) is 26.4. The molecule has 5 rings (SSSR count). The maximum atomic E-state index is 6.16. The van der Waals surface area contributed by atoms with E-state index in [4.69, 9.17) is 38.5 Å². The second kappa shape index (κ2) is 11.7. The van der Waals surface area contributed by atoms with Gasteiger partial charge in [0.1, 0.15) is 11.6 Å². The van der Waals surface area contributed by atoms with Crippen LogP contribution in [0.25, 0.3) is 0 Å². The first-order valence-corrected chi connectivity index (χ1v) is 14.5. The van der Waals surface area contributed by atoms with Crippen molar-refractivity contribution in [2.45, 2.75) is 51.4 Å². The lowest BCUT2D eigenvalue weighted by Crippen LogP contribution is -2.42. The fourth-order valence-corrected chi connectivity index (χ4v) is 6.55. The summed E-state index contributed by atoms with van der Waals surface area (Å²) in [6.07, 6.45) is 5.99. The molecule has 2 N–H and O–H groups in total. The van der Waals surface area contributed by atoms with Gasteiger partial charge < -0.3 is 25.2 Å². The molecule has 0 spiro atoms. The predicted molar refractivity (Wildman–Crippen MR) is 156 cm³/mol. The van der Waals surface area contributed by atoms with Crippen LogP contribution >= 0.6 is 23.8 Å². The SMILES string of the molecule is C[C@@H]1C[C@@H](C)CN(c2cc(N3CCOCC3)nc(NC(=S)NCC3(c4ccc(Cl)cc4)CCCC3)n2)C1. The molecule has 2 aliphatic heterocycles. The van der Waals surface area contributed by atoms with Gasteiger partial charge in [-0.15, -0.1) is 0 Å². The molecule has 3 aliphatic rings. The summed E-state index contributed by atoms with van der Waals surface area (Å²) in [5.74, 6) is 3.72. The Hall–Kier alpha value is -2.16. The van der Waals surface area contributed by atoms with Crippen molar-refractivity contribution in [3.05, 3.63) is 40.9 Å². The molecule has 200 valence electrons. The van der Waals surface area contributed by atoms with Crippen molar-refractivity contribution in [1.82, 2.24) is 15.3 Å². The van der Waals surface area contributed by atoms with Gasteiger partial charge in [-0.3, -0.25) is 0 Å². The van der Waals surface area contributed by atoms with Crippen LogP contribution in [0.1, 0.15) is 51.5 Å². The largest absolute Gasteiger partial charge is 0.378 e. The Kier molecular flexibility index (Phi) is 8.37. The normalized spacial score (nSPS) is 23.6. The Morgan fingerprint density at radius 3 is 2.30 bits per heavy atom. The molecule has 7 nitrogen and oxygen atoms in total. The van der Waals surface area contributed by atoms with Gasteiger partial charge in [-0.05, 0) is 61.0 Å². The number of thiocarbonyl (C=S) groups is 1. The molecule has 9 heteroatoms. The molecule has 3 fully saturated rings. The van der Waals surface area contributed by atoms with Gasteiger partial charge in [0, 0.05) is 49.2 Å². The fourth-order valence-electron chi connectivity index (χ4n) is 6.26. The Bertz CT molecular complexity index is 1060. The van der Waals surface area contributed by atoms with E-state index >= 15 is 0 Å². The van der Waals surface area contributed by atoms with E-state index in [2.05, 4.69) is 52.5 Å². The van der Waals surface area contributed by atoms with Crippen LogP contribution in [0.4, 0.5) is 17.6 Å². The highest BCUT2D eigenvalue weighted by atomic mass is 35.5. The summed E-state index contributed by atoms with van der Waals surface area (Å²) in [5.41, 5.74) is 1.39. The van der Waals surface area contributed by atoms with Gasteiger partial charge in [0.15, 0.2) is 5.11 Å². The van der Waals surface area contributed by atoms with Crippen LogP contribution in [0.15, 0.2) is 30.3 Å². The van der Waals surface area contributed by atoms with Crippen LogP contribution in [-0.2, 0) is 10.2 Å². The van der Waals surface area contributed by atoms with E-state index in [0.717, 1.165) is 62.2 Å². The van der Waals surface area contributed by atoms with Crippen LogP contribution in [-0.4, -0.2) is 61.0 Å². The number of hydrogen-bond acceptors (Lipinski definition) is 6. The third-order valence-corrected chi connectivity index (χ3v) is 8.56. The van der Waals surface area contributed by atoms with E-state index in [1.54, 1.807) is 0 Å². The van der Waals surface area contributed by atoms with E-state index in [1.165, 1.54) is 24.8 Å². The molecule has 0 amide bonds. The molecule has 0 radical (unpaired) electrons. The first-order valence-electron chi connectivity index (χ1n) is 13.7. The number of benzene rings is 1. The topological polar surface area (TPSA) is 65.6 Å². The van der Waals surface area contributed by atoms with Crippen molar-refractivity contribution in [3.8, 4) is 0 Å². The van der Waals surface area contributed by atoms with Gasteiger partial charge >= 0.3 is 0 Å². The highest BCUT2D eigenvalue weighted by molar-refractivity contribution is 7.80. The monoisotopic (exact) mass is 542 g/mol. The summed E-state index contributed by atoms with van der Waals surface area (Å²) in [7, 11) is 0. The second-order valence-corrected chi connectivity index (χ2v) is 12.0. The zero-order chi connectivity index (χ0) is 25.8. The van der Waals surface area contributed by atoms with Crippen molar-refractivity contribution in [2.75, 3.05) is 61.1 Å². The quantitative estimate of drug-likeness (QED) is 0.480. The maximum Gasteiger partial charge on any atom is 0.232 e. The van der Waals surface area contributed by atoms with Crippen LogP contribution in [0.2, 0.25) is 5.02 Å². The first-order chi connectivity index (χ1) is 17.9. The zero-order valence-electron chi connectivity index (χ0n) is 22.0. The highest BCUT2D eigenvalue weighted by Gasteiger charge is 2.35. The highest BCUT2D eigenvalue weighted by Crippen LogP contribution is 2.41. The number of morpholine rings is 1. The minimum atomic E-state index is 0.0675. The maximum absolute atomic E-state index is 6.16. The molecule has 1 aromatic heterocycles. The standard InChI is InChI=1S/C28H39ClN6OS/c1-20-15-21(2)18-35(17-20)25-16-24(34-11-13-36-14-12-34)31-26(32-25)33-27(37)30-19-28(9-3-4-10-28)22-5-7-23(29)8-6-22/h5-8,16,20-21H,3-4,9-15,17-19H2,1-2H3,(H2,30,31,32,33,37)/t20-,21-/m1/s1. The number of nitrogens with one attached hydrogen (secondary N) is 2. The summed E-state index contributed by atoms with van der Waals surface area (Å²) >= 11 is 11.9. The molecule has 1 aromatic carbocycles. The summed E-state index contributed by atoms with van der Waals surface area (Å²) in [5, 5.41) is 8.15. The number of rotatable bonds is 6. The lowest BCUT2D eigenvalue weighted by molar-refractivity contribution is 0.122. The minimum Gasteiger partial charge on any atom is -0.378 e. The number of anilines is 3. The second-order valence-electron chi connectivity index (χ2n) is 11.2. The molecule has 2 saturated heterocycles. The Morgan fingerprint density at radius 1 is 1.03 bits per heavy atom. The number of aromatic nitrogens is 2. The van der Waals surface area contributed by atoms with Crippen molar-refractivity contribution in [2.24, 2.45) is 11.8 Å². The molecule has 2 atom stereocenters. The van der Waals surface area contributed by atoms with Crippen molar-refractivity contribution < 1.29 is 4.74 Å². The smallest absolute Gasteiger partial charge is 0.232 e. The van der Waals surface area contributed by atoms with E-state index < -0.39 is 0 Å². The minimum absolute atomic E-state index is 0.0675. The van der Waals surface area contributed by atoms with Gasteiger partial charge in [0.2, 0.25) is 5.95 Å². The molecule has 37 heavy (non-hydrogen) atoms. The summed E-state index contributed by atoms with van der Waals surface area (Å²) in [6, 6.07) is 10.4. The molecule has 0 bridgehead atoms. The molecule has 0 unspecified atom stereocenters. The summed E-state index contributed by atoms with van der Waals surface area (Å²) in [6.45, 7) is 10.5. The summed E-state index contributed by atoms with van der Waals surface area (Å²) < 4.78 is 5.57. The number of ether oxygens (including phenoxy) is 1. The number of nitrogens with zero attached hydrogens (tertiary/aromatic N) is 4.